The van der Waals surface area contributed by atoms with Crippen molar-refractivity contribution >= 4 is 17.5 Å². The van der Waals surface area contributed by atoms with Crippen LogP contribution < -0.4 is 15.6 Å². The number of hydrazine groups is 1. The van der Waals surface area contributed by atoms with E-state index < -0.39 is 16.7 Å². The SMILES string of the molecule is CCc1ccccc1OCC(=O)NNC(=O)Cc1ccccc1[N+](=O)[O-]. The Morgan fingerprint density at radius 1 is 1.00 bits per heavy atom. The Hall–Kier alpha value is -3.42. The molecular weight excluding hydrogens is 338 g/mol. The molecule has 0 saturated carbocycles. The third-order valence-electron chi connectivity index (χ3n) is 3.59. The third-order valence-corrected chi connectivity index (χ3v) is 3.59. The highest BCUT2D eigenvalue weighted by atomic mass is 16.6. The van der Waals surface area contributed by atoms with Crippen molar-refractivity contribution in [1.29, 1.82) is 0 Å². The number of para-hydroxylation sites is 2. The Morgan fingerprint density at radius 2 is 1.62 bits per heavy atom. The van der Waals surface area contributed by atoms with Crippen molar-refractivity contribution < 1.29 is 19.2 Å². The number of ether oxygens (including phenoxy) is 1. The summed E-state index contributed by atoms with van der Waals surface area (Å²) in [6.07, 6.45) is 0.543. The highest BCUT2D eigenvalue weighted by Gasteiger charge is 2.16. The van der Waals surface area contributed by atoms with Crippen LogP contribution in [-0.4, -0.2) is 23.3 Å². The normalized spacial score (nSPS) is 10.0. The fourth-order valence-electron chi connectivity index (χ4n) is 2.31. The molecule has 2 rings (SSSR count). The number of hydrogen-bond acceptors (Lipinski definition) is 5. The molecule has 0 aliphatic carbocycles. The van der Waals surface area contributed by atoms with Gasteiger partial charge in [0.15, 0.2) is 6.61 Å². The van der Waals surface area contributed by atoms with E-state index in [0.29, 0.717) is 5.75 Å². The van der Waals surface area contributed by atoms with Gasteiger partial charge >= 0.3 is 0 Å². The second-order valence-corrected chi connectivity index (χ2v) is 5.41. The van der Waals surface area contributed by atoms with Crippen LogP contribution in [-0.2, 0) is 22.4 Å². The number of carbonyl (C=O) groups excluding carboxylic acids is 2. The molecule has 8 heteroatoms. The topological polar surface area (TPSA) is 111 Å². The molecule has 0 aliphatic heterocycles. The Labute approximate surface area is 150 Å². The van der Waals surface area contributed by atoms with Gasteiger partial charge in [-0.3, -0.25) is 30.6 Å². The number of hydrogen-bond donors (Lipinski definition) is 2. The number of aryl methyl sites for hydroxylation is 1. The smallest absolute Gasteiger partial charge is 0.276 e. The molecule has 2 aromatic rings. The second-order valence-electron chi connectivity index (χ2n) is 5.41. The van der Waals surface area contributed by atoms with Crippen LogP contribution in [0.4, 0.5) is 5.69 Å². The molecule has 2 aromatic carbocycles. The van der Waals surface area contributed by atoms with E-state index in [0.717, 1.165) is 12.0 Å². The molecule has 2 N–H and O–H groups in total. The van der Waals surface area contributed by atoms with Crippen molar-refractivity contribution in [3.8, 4) is 5.75 Å². The first-order chi connectivity index (χ1) is 12.5. The highest BCUT2D eigenvalue weighted by molar-refractivity contribution is 5.84. The summed E-state index contributed by atoms with van der Waals surface area (Å²) in [5.74, 6) is -0.496. The number of carbonyl (C=O) groups is 2. The van der Waals surface area contributed by atoms with Gasteiger partial charge in [-0.25, -0.2) is 0 Å². The van der Waals surface area contributed by atoms with E-state index in [1.807, 2.05) is 19.1 Å². The first kappa shape index (κ1) is 18.9. The number of nitro groups is 1. The van der Waals surface area contributed by atoms with Gasteiger partial charge in [0.25, 0.3) is 11.6 Å². The molecule has 2 amide bonds. The van der Waals surface area contributed by atoms with E-state index in [-0.39, 0.29) is 24.3 Å². The van der Waals surface area contributed by atoms with Crippen molar-refractivity contribution in [3.63, 3.8) is 0 Å². The summed E-state index contributed by atoms with van der Waals surface area (Å²) in [6, 6.07) is 13.3. The van der Waals surface area contributed by atoms with E-state index in [2.05, 4.69) is 10.9 Å². The van der Waals surface area contributed by atoms with Gasteiger partial charge in [-0.15, -0.1) is 0 Å². The summed E-state index contributed by atoms with van der Waals surface area (Å²) >= 11 is 0. The van der Waals surface area contributed by atoms with E-state index in [4.69, 9.17) is 4.74 Å². The van der Waals surface area contributed by atoms with Gasteiger partial charge in [-0.05, 0) is 18.1 Å². The maximum absolute atomic E-state index is 11.9. The summed E-state index contributed by atoms with van der Waals surface area (Å²) in [4.78, 5) is 34.0. The molecule has 0 aromatic heterocycles. The van der Waals surface area contributed by atoms with Crippen LogP contribution >= 0.6 is 0 Å². The predicted octanol–water partition coefficient (Wildman–Crippen LogP) is 1.93. The summed E-state index contributed by atoms with van der Waals surface area (Å²) < 4.78 is 5.44. The Balaban J connectivity index is 1.82. The Kier molecular flexibility index (Phi) is 6.67. The molecular formula is C18H19N3O5. The zero-order chi connectivity index (χ0) is 18.9. The lowest BCUT2D eigenvalue weighted by Crippen LogP contribution is -2.44. The number of benzene rings is 2. The lowest BCUT2D eigenvalue weighted by molar-refractivity contribution is -0.385. The third kappa shape index (κ3) is 5.30. The minimum atomic E-state index is -0.568. The molecule has 26 heavy (non-hydrogen) atoms. The summed E-state index contributed by atoms with van der Waals surface area (Å²) in [7, 11) is 0. The first-order valence-corrected chi connectivity index (χ1v) is 8.02. The minimum Gasteiger partial charge on any atom is -0.483 e. The Morgan fingerprint density at radius 3 is 2.31 bits per heavy atom. The molecule has 136 valence electrons. The fourth-order valence-corrected chi connectivity index (χ4v) is 2.31. The van der Waals surface area contributed by atoms with Gasteiger partial charge in [0.05, 0.1) is 11.3 Å². The van der Waals surface area contributed by atoms with Crippen molar-refractivity contribution in [1.82, 2.24) is 10.9 Å². The van der Waals surface area contributed by atoms with E-state index in [1.54, 1.807) is 18.2 Å². The number of rotatable bonds is 7. The number of nitro benzene ring substituents is 1. The number of amides is 2. The van der Waals surface area contributed by atoms with Crippen LogP contribution in [0.3, 0.4) is 0 Å². The molecule has 0 bridgehead atoms. The zero-order valence-corrected chi connectivity index (χ0v) is 14.2. The van der Waals surface area contributed by atoms with Crippen LogP contribution in [0.2, 0.25) is 0 Å². The molecule has 0 atom stereocenters. The van der Waals surface area contributed by atoms with Crippen molar-refractivity contribution in [2.45, 2.75) is 19.8 Å². The average Bonchev–Trinajstić information content (AvgIpc) is 2.65. The summed E-state index contributed by atoms with van der Waals surface area (Å²) in [5.41, 5.74) is 5.54. The molecule has 0 saturated heterocycles. The van der Waals surface area contributed by atoms with E-state index in [1.165, 1.54) is 18.2 Å². The van der Waals surface area contributed by atoms with Crippen molar-refractivity contribution in [2.24, 2.45) is 0 Å². The predicted molar refractivity (Wildman–Crippen MR) is 94.4 cm³/mol. The van der Waals surface area contributed by atoms with Gasteiger partial charge in [0.2, 0.25) is 5.91 Å². The molecule has 0 fully saturated rings. The minimum absolute atomic E-state index is 0.145. The van der Waals surface area contributed by atoms with Gasteiger partial charge in [0.1, 0.15) is 5.75 Å². The second kappa shape index (κ2) is 9.16. The van der Waals surface area contributed by atoms with E-state index >= 15 is 0 Å². The van der Waals surface area contributed by atoms with Gasteiger partial charge in [-0.2, -0.15) is 0 Å². The maximum atomic E-state index is 11.9. The maximum Gasteiger partial charge on any atom is 0.276 e. The standard InChI is InChI=1S/C18H19N3O5/c1-2-13-7-4-6-10-16(13)26-12-18(23)20-19-17(22)11-14-8-3-5-9-15(14)21(24)25/h3-10H,2,11-12H2,1H3,(H,19,22)(H,20,23). The van der Waals surface area contributed by atoms with Crippen molar-refractivity contribution in [3.05, 3.63) is 69.8 Å². The molecule has 0 heterocycles. The van der Waals surface area contributed by atoms with Crippen molar-refractivity contribution in [2.75, 3.05) is 6.61 Å². The molecule has 0 unspecified atom stereocenters. The summed E-state index contributed by atoms with van der Waals surface area (Å²) in [5, 5.41) is 10.9. The quantitative estimate of drug-likeness (QED) is 0.581. The molecule has 0 spiro atoms. The van der Waals surface area contributed by atoms with Gasteiger partial charge < -0.3 is 4.74 Å². The number of nitrogens with one attached hydrogen (secondary N) is 2. The zero-order valence-electron chi connectivity index (χ0n) is 14.2. The van der Waals surface area contributed by atoms with Gasteiger partial charge in [-0.1, -0.05) is 43.3 Å². The average molecular weight is 357 g/mol. The van der Waals surface area contributed by atoms with Crippen LogP contribution in [0.5, 0.6) is 5.75 Å². The molecule has 8 nitrogen and oxygen atoms in total. The number of nitrogens with zero attached hydrogens (tertiary/aromatic N) is 1. The Bertz CT molecular complexity index is 807. The fraction of sp³-hybridized carbons (Fsp3) is 0.222. The monoisotopic (exact) mass is 357 g/mol. The van der Waals surface area contributed by atoms with Crippen LogP contribution in [0.1, 0.15) is 18.1 Å². The lowest BCUT2D eigenvalue weighted by Gasteiger charge is -2.11. The van der Waals surface area contributed by atoms with Crippen LogP contribution in [0.25, 0.3) is 0 Å². The lowest BCUT2D eigenvalue weighted by atomic mass is 10.1. The highest BCUT2D eigenvalue weighted by Crippen LogP contribution is 2.18. The van der Waals surface area contributed by atoms with E-state index in [9.17, 15) is 19.7 Å². The molecule has 0 aliphatic rings. The van der Waals surface area contributed by atoms with Crippen LogP contribution in [0.15, 0.2) is 48.5 Å². The molecule has 0 radical (unpaired) electrons. The van der Waals surface area contributed by atoms with Crippen LogP contribution in [0, 0.1) is 10.1 Å². The summed E-state index contributed by atoms with van der Waals surface area (Å²) in [6.45, 7) is 1.72. The van der Waals surface area contributed by atoms with Gasteiger partial charge in [0, 0.05) is 11.6 Å². The first-order valence-electron chi connectivity index (χ1n) is 8.02. The largest absolute Gasteiger partial charge is 0.483 e.